The van der Waals surface area contributed by atoms with Crippen molar-refractivity contribution in [1.82, 2.24) is 15.6 Å². The normalized spacial score (nSPS) is 19.8. The fourth-order valence-corrected chi connectivity index (χ4v) is 3.51. The van der Waals surface area contributed by atoms with Gasteiger partial charge in [-0.1, -0.05) is 51.1 Å². The molecule has 2 heterocycles. The molecule has 0 spiro atoms. The lowest BCUT2D eigenvalue weighted by Crippen LogP contribution is -2.42. The Bertz CT molecular complexity index is 786. The van der Waals surface area contributed by atoms with Gasteiger partial charge in [-0.2, -0.15) is 0 Å². The van der Waals surface area contributed by atoms with Crippen LogP contribution in [0.1, 0.15) is 63.9 Å². The van der Waals surface area contributed by atoms with Crippen LogP contribution in [-0.4, -0.2) is 30.6 Å². The Kier molecular flexibility index (Phi) is 9.61. The first-order chi connectivity index (χ1) is 14.0. The van der Waals surface area contributed by atoms with Gasteiger partial charge in [0.25, 0.3) is 0 Å². The summed E-state index contributed by atoms with van der Waals surface area (Å²) in [6, 6.07) is 10.5. The van der Waals surface area contributed by atoms with Gasteiger partial charge in [0.05, 0.1) is 12.3 Å². The van der Waals surface area contributed by atoms with Gasteiger partial charge >= 0.3 is 0 Å². The highest BCUT2D eigenvalue weighted by atomic mass is 127. The molecule has 1 saturated heterocycles. The summed E-state index contributed by atoms with van der Waals surface area (Å²) in [4.78, 5) is 9.03. The predicted molar refractivity (Wildman–Crippen MR) is 131 cm³/mol. The van der Waals surface area contributed by atoms with E-state index in [-0.39, 0.29) is 35.5 Å². The number of benzene rings is 1. The minimum absolute atomic E-state index is 0. The molecule has 166 valence electrons. The van der Waals surface area contributed by atoms with Crippen LogP contribution in [0.4, 0.5) is 0 Å². The molecule has 2 aromatic rings. The second-order valence-electron chi connectivity index (χ2n) is 8.55. The van der Waals surface area contributed by atoms with E-state index in [9.17, 15) is 0 Å². The quantitative estimate of drug-likeness (QED) is 0.321. The fourth-order valence-electron chi connectivity index (χ4n) is 3.51. The summed E-state index contributed by atoms with van der Waals surface area (Å²) in [5, 5.41) is 6.80. The highest BCUT2D eigenvalue weighted by Crippen LogP contribution is 2.33. The molecule has 0 saturated carbocycles. The Hall–Kier alpha value is -1.61. The highest BCUT2D eigenvalue weighted by molar-refractivity contribution is 14.0. The summed E-state index contributed by atoms with van der Waals surface area (Å²) in [5.41, 5.74) is 1.20. The molecule has 3 rings (SSSR count). The molecule has 7 heteroatoms. The third kappa shape index (κ3) is 6.97. The maximum Gasteiger partial charge on any atom is 0.216 e. The first kappa shape index (κ1) is 24.7. The van der Waals surface area contributed by atoms with Gasteiger partial charge in [0, 0.05) is 31.0 Å². The Morgan fingerprint density at radius 3 is 2.63 bits per heavy atom. The van der Waals surface area contributed by atoms with Gasteiger partial charge in [0.1, 0.15) is 12.3 Å². The van der Waals surface area contributed by atoms with Crippen LogP contribution in [-0.2, 0) is 16.7 Å². The molecule has 0 radical (unpaired) electrons. The lowest BCUT2D eigenvalue weighted by molar-refractivity contribution is -0.0265. The van der Waals surface area contributed by atoms with Gasteiger partial charge in [-0.15, -0.1) is 24.0 Å². The molecule has 1 aromatic carbocycles. The number of aliphatic imine (C=N–C) groups is 1. The van der Waals surface area contributed by atoms with E-state index >= 15 is 0 Å². The standard InChI is InChI=1S/C23H34N4O2.HI/c1-5-24-22(27-16-20-25-15-19(29-20)23(2,3)4)26-14-18-12-9-13-28-21(18)17-10-7-6-8-11-17;/h6-8,10-11,15,18,21H,5,9,12-14,16H2,1-4H3,(H2,24,26,27);1H. The highest BCUT2D eigenvalue weighted by Gasteiger charge is 2.27. The number of nitrogens with zero attached hydrogens (tertiary/aromatic N) is 2. The van der Waals surface area contributed by atoms with E-state index in [2.05, 4.69) is 72.6 Å². The smallest absolute Gasteiger partial charge is 0.216 e. The second-order valence-corrected chi connectivity index (χ2v) is 8.55. The number of rotatable bonds is 6. The lowest BCUT2D eigenvalue weighted by atomic mass is 9.89. The average molecular weight is 526 g/mol. The predicted octanol–water partition coefficient (Wildman–Crippen LogP) is 4.81. The molecule has 1 aromatic heterocycles. The van der Waals surface area contributed by atoms with Gasteiger partial charge < -0.3 is 19.8 Å². The minimum Gasteiger partial charge on any atom is -0.443 e. The monoisotopic (exact) mass is 526 g/mol. The molecule has 0 aliphatic carbocycles. The van der Waals surface area contributed by atoms with Crippen LogP contribution in [0.3, 0.4) is 0 Å². The summed E-state index contributed by atoms with van der Waals surface area (Å²) in [6.45, 7) is 11.2. The van der Waals surface area contributed by atoms with Crippen molar-refractivity contribution in [3.05, 3.63) is 53.7 Å². The molecule has 2 atom stereocenters. The molecular formula is C23H35IN4O2. The van der Waals surface area contributed by atoms with Gasteiger partial charge in [-0.3, -0.25) is 0 Å². The van der Waals surface area contributed by atoms with Gasteiger partial charge in [0.15, 0.2) is 5.96 Å². The number of hydrogen-bond acceptors (Lipinski definition) is 4. The summed E-state index contributed by atoms with van der Waals surface area (Å²) >= 11 is 0. The molecular weight excluding hydrogens is 491 g/mol. The van der Waals surface area contributed by atoms with Crippen molar-refractivity contribution < 1.29 is 9.15 Å². The molecule has 2 unspecified atom stereocenters. The fraction of sp³-hybridized carbons (Fsp3) is 0.565. The Balaban J connectivity index is 0.00000320. The van der Waals surface area contributed by atoms with Gasteiger partial charge in [-0.25, -0.2) is 9.98 Å². The van der Waals surface area contributed by atoms with E-state index < -0.39 is 0 Å². The van der Waals surface area contributed by atoms with E-state index in [1.165, 1.54) is 5.56 Å². The molecule has 6 nitrogen and oxygen atoms in total. The van der Waals surface area contributed by atoms with Crippen LogP contribution in [0.25, 0.3) is 0 Å². The van der Waals surface area contributed by atoms with E-state index in [1.54, 1.807) is 6.20 Å². The maximum atomic E-state index is 6.11. The molecule has 1 fully saturated rings. The Morgan fingerprint density at radius 2 is 1.97 bits per heavy atom. The zero-order valence-corrected chi connectivity index (χ0v) is 20.8. The van der Waals surface area contributed by atoms with Crippen LogP contribution in [0.15, 0.2) is 45.9 Å². The first-order valence-corrected chi connectivity index (χ1v) is 10.6. The molecule has 1 aliphatic heterocycles. The van der Waals surface area contributed by atoms with Gasteiger partial charge in [0.2, 0.25) is 5.89 Å². The number of halogens is 1. The zero-order valence-electron chi connectivity index (χ0n) is 18.5. The van der Waals surface area contributed by atoms with Crippen LogP contribution < -0.4 is 10.6 Å². The number of aromatic nitrogens is 1. The summed E-state index contributed by atoms with van der Waals surface area (Å²) < 4.78 is 12.0. The van der Waals surface area contributed by atoms with Crippen LogP contribution in [0, 0.1) is 5.92 Å². The van der Waals surface area contributed by atoms with Crippen LogP contribution in [0.2, 0.25) is 0 Å². The summed E-state index contributed by atoms with van der Waals surface area (Å²) in [6.07, 6.45) is 4.16. The van der Waals surface area contributed by atoms with E-state index in [0.29, 0.717) is 18.4 Å². The Labute approximate surface area is 197 Å². The van der Waals surface area contributed by atoms with Crippen molar-refractivity contribution in [1.29, 1.82) is 0 Å². The SMILES string of the molecule is CCNC(=NCc1ncc(C(C)(C)C)o1)NCC1CCCOC1c1ccccc1.I. The van der Waals surface area contributed by atoms with Crippen LogP contribution >= 0.6 is 24.0 Å². The third-order valence-electron chi connectivity index (χ3n) is 5.11. The number of nitrogens with one attached hydrogen (secondary N) is 2. The molecule has 1 aliphatic rings. The van der Waals surface area contributed by atoms with Crippen molar-refractivity contribution in [2.75, 3.05) is 19.7 Å². The third-order valence-corrected chi connectivity index (χ3v) is 5.11. The second kappa shape index (κ2) is 11.7. The Morgan fingerprint density at radius 1 is 1.20 bits per heavy atom. The van der Waals surface area contributed by atoms with E-state index in [1.807, 2.05) is 6.07 Å². The zero-order chi connectivity index (χ0) is 20.7. The minimum atomic E-state index is -0.0505. The van der Waals surface area contributed by atoms with Crippen molar-refractivity contribution in [3.63, 3.8) is 0 Å². The topological polar surface area (TPSA) is 71.7 Å². The van der Waals surface area contributed by atoms with Crippen molar-refractivity contribution in [2.24, 2.45) is 10.9 Å². The van der Waals surface area contributed by atoms with E-state index in [0.717, 1.165) is 44.3 Å². The molecule has 0 amide bonds. The van der Waals surface area contributed by atoms with Crippen molar-refractivity contribution in [3.8, 4) is 0 Å². The summed E-state index contributed by atoms with van der Waals surface area (Å²) in [7, 11) is 0. The summed E-state index contributed by atoms with van der Waals surface area (Å²) in [5.74, 6) is 2.70. The van der Waals surface area contributed by atoms with Gasteiger partial charge in [-0.05, 0) is 25.3 Å². The number of hydrogen-bond donors (Lipinski definition) is 2. The number of guanidine groups is 1. The first-order valence-electron chi connectivity index (χ1n) is 10.6. The number of ether oxygens (including phenoxy) is 1. The molecule has 30 heavy (non-hydrogen) atoms. The van der Waals surface area contributed by atoms with E-state index in [4.69, 9.17) is 9.15 Å². The average Bonchev–Trinajstić information content (AvgIpc) is 3.21. The molecule has 2 N–H and O–H groups in total. The lowest BCUT2D eigenvalue weighted by Gasteiger charge is -2.32. The van der Waals surface area contributed by atoms with Crippen molar-refractivity contribution >= 4 is 29.9 Å². The largest absolute Gasteiger partial charge is 0.443 e. The maximum absolute atomic E-state index is 6.11. The number of oxazole rings is 1. The molecule has 0 bridgehead atoms. The van der Waals surface area contributed by atoms with Crippen LogP contribution in [0.5, 0.6) is 0 Å². The van der Waals surface area contributed by atoms with Crippen molar-refractivity contribution in [2.45, 2.75) is 58.6 Å².